The number of aliphatic hydroxyl groups is 3. The number of hydrogen-bond acceptors (Lipinski definition) is 8. The number of hydrogen-bond donors (Lipinski definition) is 5. The van der Waals surface area contributed by atoms with Gasteiger partial charge in [-0.05, 0) is 13.8 Å². The second kappa shape index (κ2) is 9.90. The van der Waals surface area contributed by atoms with Crippen molar-refractivity contribution < 1.29 is 30.3 Å². The first-order chi connectivity index (χ1) is 11.9. The van der Waals surface area contributed by atoms with E-state index in [-0.39, 0.29) is 37.9 Å². The van der Waals surface area contributed by atoms with Gasteiger partial charge in [-0.25, -0.2) is 0 Å². The Labute approximate surface area is 146 Å². The van der Waals surface area contributed by atoms with Gasteiger partial charge in [-0.2, -0.15) is 0 Å². The van der Waals surface area contributed by atoms with Crippen LogP contribution in [0.15, 0.2) is 12.4 Å². The molecule has 0 aliphatic heterocycles. The Hall–Kier alpha value is -2.26. The predicted molar refractivity (Wildman–Crippen MR) is 89.8 cm³/mol. The molecule has 2 aromatic rings. The highest BCUT2D eigenvalue weighted by molar-refractivity contribution is 5.40. The Balaban J connectivity index is 0.000000251. The molecular formula is C17H24N2O6. The summed E-state index contributed by atoms with van der Waals surface area (Å²) in [6.45, 7) is 2.97. The van der Waals surface area contributed by atoms with Gasteiger partial charge in [0.15, 0.2) is 0 Å². The zero-order chi connectivity index (χ0) is 19.0. The van der Waals surface area contributed by atoms with Crippen molar-refractivity contribution in [2.75, 3.05) is 7.11 Å². The molecule has 25 heavy (non-hydrogen) atoms. The molecule has 0 saturated heterocycles. The number of aliphatic hydroxyl groups excluding tert-OH is 3. The van der Waals surface area contributed by atoms with E-state index in [2.05, 4.69) is 9.97 Å². The van der Waals surface area contributed by atoms with Crippen LogP contribution in [0.4, 0.5) is 0 Å². The summed E-state index contributed by atoms with van der Waals surface area (Å²) >= 11 is 0. The summed E-state index contributed by atoms with van der Waals surface area (Å²) in [6, 6.07) is 0. The molecule has 2 aromatic heterocycles. The summed E-state index contributed by atoms with van der Waals surface area (Å²) in [4.78, 5) is 7.76. The maximum atomic E-state index is 9.59. The lowest BCUT2D eigenvalue weighted by Crippen LogP contribution is -1.99. The molecule has 0 amide bonds. The lowest BCUT2D eigenvalue weighted by Gasteiger charge is -2.09. The van der Waals surface area contributed by atoms with E-state index >= 15 is 0 Å². The normalized spacial score (nSPS) is 10.3. The van der Waals surface area contributed by atoms with Crippen molar-refractivity contribution in [1.29, 1.82) is 0 Å². The molecule has 8 heteroatoms. The van der Waals surface area contributed by atoms with Crippen LogP contribution in [0.5, 0.6) is 11.5 Å². The average Bonchev–Trinajstić information content (AvgIpc) is 2.62. The van der Waals surface area contributed by atoms with Gasteiger partial charge in [-0.3, -0.25) is 9.97 Å². The van der Waals surface area contributed by atoms with Crippen molar-refractivity contribution in [3.8, 4) is 11.5 Å². The van der Waals surface area contributed by atoms with Crippen molar-refractivity contribution in [3.05, 3.63) is 46.0 Å². The molecule has 5 N–H and O–H groups in total. The van der Waals surface area contributed by atoms with Crippen molar-refractivity contribution >= 4 is 0 Å². The second-order valence-corrected chi connectivity index (χ2v) is 5.30. The van der Waals surface area contributed by atoms with Gasteiger partial charge in [0.25, 0.3) is 0 Å². The second-order valence-electron chi connectivity index (χ2n) is 5.30. The molecule has 2 rings (SSSR count). The zero-order valence-electron chi connectivity index (χ0n) is 14.5. The number of aryl methyl sites for hydroxylation is 2. The molecule has 0 atom stereocenters. The number of pyridine rings is 2. The molecular weight excluding hydrogens is 328 g/mol. The number of aromatic nitrogens is 2. The first-order valence-electron chi connectivity index (χ1n) is 7.55. The first-order valence-corrected chi connectivity index (χ1v) is 7.55. The molecule has 0 spiro atoms. The van der Waals surface area contributed by atoms with E-state index in [1.165, 1.54) is 13.3 Å². The lowest BCUT2D eigenvalue weighted by atomic mass is 10.1. The van der Waals surface area contributed by atoms with Crippen LogP contribution in [0.2, 0.25) is 0 Å². The quantitative estimate of drug-likeness (QED) is 0.533. The molecule has 0 radical (unpaired) electrons. The van der Waals surface area contributed by atoms with Gasteiger partial charge in [-0.15, -0.1) is 0 Å². The third-order valence-corrected chi connectivity index (χ3v) is 3.65. The minimum absolute atomic E-state index is 0.0379. The average molecular weight is 352 g/mol. The molecule has 138 valence electrons. The van der Waals surface area contributed by atoms with Crippen LogP contribution < -0.4 is 0 Å². The van der Waals surface area contributed by atoms with E-state index in [1.54, 1.807) is 20.0 Å². The molecule has 0 fully saturated rings. The number of nitrogens with zero attached hydrogens (tertiary/aromatic N) is 2. The van der Waals surface area contributed by atoms with Crippen LogP contribution in [-0.2, 0) is 31.2 Å². The fourth-order valence-electron chi connectivity index (χ4n) is 2.12. The summed E-state index contributed by atoms with van der Waals surface area (Å²) in [6.07, 6.45) is 2.99. The Kier molecular flexibility index (Phi) is 8.23. The maximum absolute atomic E-state index is 9.59. The van der Waals surface area contributed by atoms with E-state index in [9.17, 15) is 10.2 Å². The fourth-order valence-corrected chi connectivity index (χ4v) is 2.12. The van der Waals surface area contributed by atoms with Crippen LogP contribution >= 0.6 is 0 Å². The minimum atomic E-state index is -0.287. The minimum Gasteiger partial charge on any atom is -0.506 e. The molecule has 0 aliphatic rings. The van der Waals surface area contributed by atoms with Gasteiger partial charge in [0.1, 0.15) is 11.5 Å². The Morgan fingerprint density at radius 1 is 0.800 bits per heavy atom. The van der Waals surface area contributed by atoms with E-state index in [0.717, 1.165) is 0 Å². The SMILES string of the molecule is COCc1c(CO)cnc(C)c1O.Cc1ncc(CO)c(CO)c1O. The molecule has 0 bridgehead atoms. The highest BCUT2D eigenvalue weighted by Crippen LogP contribution is 2.24. The fraction of sp³-hybridized carbons (Fsp3) is 0.412. The molecule has 0 saturated carbocycles. The molecule has 0 unspecified atom stereocenters. The van der Waals surface area contributed by atoms with Crippen LogP contribution in [0.25, 0.3) is 0 Å². The van der Waals surface area contributed by atoms with E-state index < -0.39 is 0 Å². The predicted octanol–water partition coefficient (Wildman–Crippen LogP) is 0.815. The van der Waals surface area contributed by atoms with Gasteiger partial charge in [-0.1, -0.05) is 0 Å². The van der Waals surface area contributed by atoms with Crippen molar-refractivity contribution in [1.82, 2.24) is 9.97 Å². The highest BCUT2D eigenvalue weighted by atomic mass is 16.5. The van der Waals surface area contributed by atoms with Gasteiger partial charge in [0.05, 0.1) is 37.8 Å². The monoisotopic (exact) mass is 352 g/mol. The topological polar surface area (TPSA) is 136 Å². The Morgan fingerprint density at radius 2 is 1.24 bits per heavy atom. The van der Waals surface area contributed by atoms with Crippen LogP contribution in [0.1, 0.15) is 33.6 Å². The standard InChI is InChI=1S/C9H13NO3.C8H11NO3/c1-6-9(12)8(5-13-2)7(4-11)3-10-6;1-5-8(12)7(4-11)6(3-10)2-9-5/h3,11-12H,4-5H2,1-2H3;2,10-12H,3-4H2,1H3. The molecule has 2 heterocycles. The van der Waals surface area contributed by atoms with Crippen LogP contribution in [-0.4, -0.2) is 42.6 Å². The van der Waals surface area contributed by atoms with E-state index in [0.29, 0.717) is 33.6 Å². The zero-order valence-corrected chi connectivity index (χ0v) is 14.5. The van der Waals surface area contributed by atoms with Gasteiger partial charge >= 0.3 is 0 Å². The van der Waals surface area contributed by atoms with Gasteiger partial charge < -0.3 is 30.3 Å². The third-order valence-electron chi connectivity index (χ3n) is 3.65. The summed E-state index contributed by atoms with van der Waals surface area (Å²) in [7, 11) is 1.54. The molecule has 0 aromatic carbocycles. The van der Waals surface area contributed by atoms with Crippen molar-refractivity contribution in [2.24, 2.45) is 0 Å². The number of methoxy groups -OCH3 is 1. The molecule has 0 aliphatic carbocycles. The maximum Gasteiger partial charge on any atom is 0.142 e. The van der Waals surface area contributed by atoms with Crippen molar-refractivity contribution in [2.45, 2.75) is 40.3 Å². The van der Waals surface area contributed by atoms with E-state index in [4.69, 9.17) is 20.1 Å². The Morgan fingerprint density at radius 3 is 1.64 bits per heavy atom. The smallest absolute Gasteiger partial charge is 0.142 e. The largest absolute Gasteiger partial charge is 0.506 e. The third kappa shape index (κ3) is 5.10. The van der Waals surface area contributed by atoms with Gasteiger partial charge in [0.2, 0.25) is 0 Å². The number of ether oxygens (including phenoxy) is 1. The van der Waals surface area contributed by atoms with Gasteiger partial charge in [0, 0.05) is 41.8 Å². The summed E-state index contributed by atoms with van der Waals surface area (Å²) in [5.41, 5.74) is 3.02. The highest BCUT2D eigenvalue weighted by Gasteiger charge is 2.10. The van der Waals surface area contributed by atoms with Crippen molar-refractivity contribution in [3.63, 3.8) is 0 Å². The lowest BCUT2D eigenvalue weighted by molar-refractivity contribution is 0.178. The van der Waals surface area contributed by atoms with Crippen LogP contribution in [0.3, 0.4) is 0 Å². The Bertz CT molecular complexity index is 706. The number of aromatic hydroxyl groups is 2. The summed E-state index contributed by atoms with van der Waals surface area (Å²) in [5.74, 6) is 0.0671. The van der Waals surface area contributed by atoms with E-state index in [1.807, 2.05) is 0 Å². The summed E-state index contributed by atoms with van der Waals surface area (Å²) < 4.78 is 4.91. The first kappa shape index (κ1) is 20.8. The van der Waals surface area contributed by atoms with Crippen LogP contribution in [0, 0.1) is 13.8 Å². The molecule has 8 nitrogen and oxygen atoms in total. The summed E-state index contributed by atoms with van der Waals surface area (Å²) in [5, 5.41) is 45.6. The number of rotatable bonds is 5.